The Hall–Kier alpha value is -1.39. The summed E-state index contributed by atoms with van der Waals surface area (Å²) in [7, 11) is 0. The molecule has 94 valence electrons. The number of aryl methyl sites for hydroxylation is 1. The van der Waals surface area contributed by atoms with Gasteiger partial charge in [0.05, 0.1) is 17.2 Å². The Morgan fingerprint density at radius 3 is 2.94 bits per heavy atom. The lowest BCUT2D eigenvalue weighted by atomic mass is 10.1. The molecule has 1 aromatic carbocycles. The van der Waals surface area contributed by atoms with Crippen LogP contribution in [0, 0.1) is 6.92 Å². The molecule has 1 aliphatic rings. The van der Waals surface area contributed by atoms with Crippen LogP contribution in [0.1, 0.15) is 34.3 Å². The van der Waals surface area contributed by atoms with Crippen LogP contribution in [0.15, 0.2) is 30.5 Å². The highest BCUT2D eigenvalue weighted by molar-refractivity contribution is 7.11. The number of hydrogen-bond donors (Lipinski definition) is 1. The third kappa shape index (κ3) is 2.54. The van der Waals surface area contributed by atoms with E-state index in [9.17, 15) is 0 Å². The maximum absolute atomic E-state index is 6.26. The number of nitrogens with two attached hydrogens (primary N) is 1. The molecule has 1 atom stereocenters. The van der Waals surface area contributed by atoms with Crippen molar-refractivity contribution in [3.63, 3.8) is 0 Å². The van der Waals surface area contributed by atoms with Crippen LogP contribution in [0.25, 0.3) is 0 Å². The van der Waals surface area contributed by atoms with Crippen LogP contribution in [0.4, 0.5) is 0 Å². The highest BCUT2D eigenvalue weighted by Gasteiger charge is 2.23. The summed E-state index contributed by atoms with van der Waals surface area (Å²) in [5.41, 5.74) is 7.34. The molecule has 1 saturated carbocycles. The SMILES string of the molecule is Cc1ncc(C(N)c2cccc(OC3CC3)c2)s1. The van der Waals surface area contributed by atoms with Crippen molar-refractivity contribution in [3.05, 3.63) is 45.9 Å². The van der Waals surface area contributed by atoms with Gasteiger partial charge in [0.15, 0.2) is 0 Å². The van der Waals surface area contributed by atoms with Crippen LogP contribution in [-0.4, -0.2) is 11.1 Å². The number of nitrogens with zero attached hydrogens (tertiary/aromatic N) is 1. The molecule has 3 rings (SSSR count). The molecule has 1 unspecified atom stereocenters. The third-order valence-electron chi connectivity index (χ3n) is 2.99. The minimum absolute atomic E-state index is 0.112. The molecule has 1 aliphatic carbocycles. The minimum atomic E-state index is -0.112. The number of thiazole rings is 1. The van der Waals surface area contributed by atoms with Gasteiger partial charge >= 0.3 is 0 Å². The first-order valence-electron chi connectivity index (χ1n) is 6.17. The fourth-order valence-electron chi connectivity index (χ4n) is 1.85. The van der Waals surface area contributed by atoms with E-state index in [4.69, 9.17) is 10.5 Å². The second-order valence-corrected chi connectivity index (χ2v) is 5.92. The second kappa shape index (κ2) is 4.71. The first kappa shape index (κ1) is 11.7. The average molecular weight is 260 g/mol. The molecule has 18 heavy (non-hydrogen) atoms. The van der Waals surface area contributed by atoms with E-state index in [-0.39, 0.29) is 6.04 Å². The second-order valence-electron chi connectivity index (χ2n) is 4.65. The maximum Gasteiger partial charge on any atom is 0.120 e. The fourth-order valence-corrected chi connectivity index (χ4v) is 2.66. The van der Waals surface area contributed by atoms with E-state index in [1.807, 2.05) is 37.4 Å². The highest BCUT2D eigenvalue weighted by Crippen LogP contribution is 2.30. The lowest BCUT2D eigenvalue weighted by molar-refractivity contribution is 0.303. The first-order valence-corrected chi connectivity index (χ1v) is 6.98. The summed E-state index contributed by atoms with van der Waals surface area (Å²) in [6, 6.07) is 7.96. The normalized spacial score (nSPS) is 16.6. The molecule has 0 aliphatic heterocycles. The molecule has 0 bridgehead atoms. The Kier molecular flexibility index (Phi) is 3.06. The largest absolute Gasteiger partial charge is 0.490 e. The highest BCUT2D eigenvalue weighted by atomic mass is 32.1. The molecule has 1 aromatic heterocycles. The van der Waals surface area contributed by atoms with Crippen molar-refractivity contribution >= 4 is 11.3 Å². The quantitative estimate of drug-likeness (QED) is 0.919. The number of rotatable bonds is 4. The van der Waals surface area contributed by atoms with Gasteiger partial charge in [-0.05, 0) is 37.5 Å². The van der Waals surface area contributed by atoms with Gasteiger partial charge in [0.2, 0.25) is 0 Å². The zero-order valence-corrected chi connectivity index (χ0v) is 11.1. The van der Waals surface area contributed by atoms with Gasteiger partial charge in [-0.2, -0.15) is 0 Å². The van der Waals surface area contributed by atoms with Gasteiger partial charge in [0.25, 0.3) is 0 Å². The Morgan fingerprint density at radius 2 is 2.28 bits per heavy atom. The molecule has 2 N–H and O–H groups in total. The molecule has 0 spiro atoms. The molecule has 0 radical (unpaired) electrons. The van der Waals surface area contributed by atoms with Crippen LogP contribution in [0.5, 0.6) is 5.75 Å². The van der Waals surface area contributed by atoms with Gasteiger partial charge in [-0.1, -0.05) is 12.1 Å². The van der Waals surface area contributed by atoms with E-state index in [0.29, 0.717) is 6.10 Å². The first-order chi connectivity index (χ1) is 8.72. The Morgan fingerprint density at radius 1 is 1.44 bits per heavy atom. The minimum Gasteiger partial charge on any atom is -0.490 e. The molecule has 1 fully saturated rings. The maximum atomic E-state index is 6.26. The summed E-state index contributed by atoms with van der Waals surface area (Å²) >= 11 is 1.65. The molecule has 4 heteroatoms. The van der Waals surface area contributed by atoms with Gasteiger partial charge in [0, 0.05) is 11.1 Å². The number of benzene rings is 1. The van der Waals surface area contributed by atoms with E-state index >= 15 is 0 Å². The molecule has 0 amide bonds. The molecular formula is C14H16N2OS. The smallest absolute Gasteiger partial charge is 0.120 e. The number of ether oxygens (including phenoxy) is 1. The third-order valence-corrected chi connectivity index (χ3v) is 3.99. The fraction of sp³-hybridized carbons (Fsp3) is 0.357. The molecule has 1 heterocycles. The van der Waals surface area contributed by atoms with Crippen LogP contribution < -0.4 is 10.5 Å². The lowest BCUT2D eigenvalue weighted by Gasteiger charge is -2.11. The summed E-state index contributed by atoms with van der Waals surface area (Å²) in [6.07, 6.45) is 4.62. The summed E-state index contributed by atoms with van der Waals surface area (Å²) < 4.78 is 5.79. The monoisotopic (exact) mass is 260 g/mol. The van der Waals surface area contributed by atoms with Crippen molar-refractivity contribution < 1.29 is 4.74 Å². The van der Waals surface area contributed by atoms with Gasteiger partial charge in [-0.3, -0.25) is 0 Å². The summed E-state index contributed by atoms with van der Waals surface area (Å²) in [5, 5.41) is 1.05. The summed E-state index contributed by atoms with van der Waals surface area (Å²) in [6.45, 7) is 1.99. The zero-order chi connectivity index (χ0) is 12.5. The standard InChI is InChI=1S/C14H16N2OS/c1-9-16-8-13(18-9)14(15)10-3-2-4-12(7-10)17-11-5-6-11/h2-4,7-8,11,14H,5-6,15H2,1H3. The molecule has 0 saturated heterocycles. The van der Waals surface area contributed by atoms with Crippen molar-refractivity contribution in [2.45, 2.75) is 31.9 Å². The van der Waals surface area contributed by atoms with Crippen LogP contribution >= 0.6 is 11.3 Å². The van der Waals surface area contributed by atoms with Crippen molar-refractivity contribution in [2.75, 3.05) is 0 Å². The Bertz CT molecular complexity index is 548. The van der Waals surface area contributed by atoms with Crippen molar-refractivity contribution in [2.24, 2.45) is 5.73 Å². The van der Waals surface area contributed by atoms with E-state index in [1.165, 1.54) is 12.8 Å². The zero-order valence-electron chi connectivity index (χ0n) is 10.3. The van der Waals surface area contributed by atoms with Crippen LogP contribution in [-0.2, 0) is 0 Å². The summed E-state index contributed by atoms with van der Waals surface area (Å²) in [4.78, 5) is 5.34. The lowest BCUT2D eigenvalue weighted by Crippen LogP contribution is -2.10. The van der Waals surface area contributed by atoms with Gasteiger partial charge < -0.3 is 10.5 Å². The predicted octanol–water partition coefficient (Wildman–Crippen LogP) is 3.04. The van der Waals surface area contributed by atoms with Crippen LogP contribution in [0.3, 0.4) is 0 Å². The topological polar surface area (TPSA) is 48.1 Å². The van der Waals surface area contributed by atoms with Crippen molar-refractivity contribution in [1.29, 1.82) is 0 Å². The van der Waals surface area contributed by atoms with Gasteiger partial charge in [-0.15, -0.1) is 11.3 Å². The van der Waals surface area contributed by atoms with Crippen molar-refractivity contribution in [3.8, 4) is 5.75 Å². The van der Waals surface area contributed by atoms with Gasteiger partial charge in [0.1, 0.15) is 5.75 Å². The Balaban J connectivity index is 1.81. The predicted molar refractivity (Wildman–Crippen MR) is 73.0 cm³/mol. The molecular weight excluding hydrogens is 244 g/mol. The summed E-state index contributed by atoms with van der Waals surface area (Å²) in [5.74, 6) is 0.923. The number of hydrogen-bond acceptors (Lipinski definition) is 4. The van der Waals surface area contributed by atoms with E-state index in [0.717, 1.165) is 21.2 Å². The van der Waals surface area contributed by atoms with E-state index < -0.39 is 0 Å². The average Bonchev–Trinajstić information content (AvgIpc) is 3.08. The van der Waals surface area contributed by atoms with E-state index in [2.05, 4.69) is 4.98 Å². The van der Waals surface area contributed by atoms with E-state index in [1.54, 1.807) is 11.3 Å². The molecule has 3 nitrogen and oxygen atoms in total. The molecule has 2 aromatic rings. The van der Waals surface area contributed by atoms with Crippen LogP contribution in [0.2, 0.25) is 0 Å². The number of aromatic nitrogens is 1. The Labute approximate surface area is 111 Å². The van der Waals surface area contributed by atoms with Gasteiger partial charge in [-0.25, -0.2) is 4.98 Å². The van der Waals surface area contributed by atoms with Crippen molar-refractivity contribution in [1.82, 2.24) is 4.98 Å².